The Morgan fingerprint density at radius 3 is 2.44 bits per heavy atom. The highest BCUT2D eigenvalue weighted by molar-refractivity contribution is 7.90. The monoisotopic (exact) mass is 253 g/mol. The third-order valence-electron chi connectivity index (χ3n) is 2.41. The normalized spacial score (nSPS) is 17.6. The second-order valence-corrected chi connectivity index (χ2v) is 5.97. The maximum atomic E-state index is 11.6. The summed E-state index contributed by atoms with van der Waals surface area (Å²) in [6, 6.07) is 0. The number of carbonyl (C=O) groups is 1. The van der Waals surface area contributed by atoms with Crippen molar-refractivity contribution in [1.29, 1.82) is 0 Å². The van der Waals surface area contributed by atoms with E-state index in [1.165, 1.54) is 13.8 Å². The van der Waals surface area contributed by atoms with Crippen LogP contribution in [-0.2, 0) is 19.6 Å². The van der Waals surface area contributed by atoms with Crippen molar-refractivity contribution in [2.24, 2.45) is 0 Å². The molecule has 0 fully saturated rings. The minimum atomic E-state index is -3.80. The summed E-state index contributed by atoms with van der Waals surface area (Å²) >= 11 is 0. The third-order valence-corrected chi connectivity index (χ3v) is 4.08. The van der Waals surface area contributed by atoms with E-state index in [4.69, 9.17) is 0 Å². The van der Waals surface area contributed by atoms with E-state index < -0.39 is 26.8 Å². The molecule has 0 heterocycles. The van der Waals surface area contributed by atoms with Crippen molar-refractivity contribution in [3.63, 3.8) is 0 Å². The molecule has 0 amide bonds. The fourth-order valence-electron chi connectivity index (χ4n) is 0.799. The topological polar surface area (TPSA) is 92.7 Å². The second-order valence-electron chi connectivity index (χ2n) is 3.88. The van der Waals surface area contributed by atoms with Crippen LogP contribution in [0.25, 0.3) is 0 Å². The molecule has 0 saturated carbocycles. The molecule has 0 rings (SSSR count). The Morgan fingerprint density at radius 1 is 1.56 bits per heavy atom. The zero-order valence-corrected chi connectivity index (χ0v) is 10.8. The predicted octanol–water partition coefficient (Wildman–Crippen LogP) is -0.372. The van der Waals surface area contributed by atoms with Gasteiger partial charge in [0, 0.05) is 6.54 Å². The van der Waals surface area contributed by atoms with Gasteiger partial charge in [0.15, 0.2) is 5.25 Å². The Labute approximate surface area is 96.0 Å². The molecule has 2 N–H and O–H groups in total. The van der Waals surface area contributed by atoms with Gasteiger partial charge in [-0.05, 0) is 20.3 Å². The maximum absolute atomic E-state index is 11.6. The number of ether oxygens (including phenoxy) is 1. The Hall–Kier alpha value is -0.660. The highest BCUT2D eigenvalue weighted by Crippen LogP contribution is 2.08. The van der Waals surface area contributed by atoms with Crippen molar-refractivity contribution >= 4 is 16.0 Å². The molecule has 16 heavy (non-hydrogen) atoms. The lowest BCUT2D eigenvalue weighted by molar-refractivity contribution is -0.139. The van der Waals surface area contributed by atoms with Gasteiger partial charge in [-0.1, -0.05) is 6.92 Å². The molecule has 0 aromatic heterocycles. The number of carbonyl (C=O) groups excluding carboxylic acids is 1. The zero-order chi connectivity index (χ0) is 13.0. The SMILES string of the molecule is CCC(C)(O)CNS(=O)(=O)C(C)C(=O)OC. The molecule has 0 aliphatic carbocycles. The van der Waals surface area contributed by atoms with E-state index >= 15 is 0 Å². The van der Waals surface area contributed by atoms with E-state index in [0.717, 1.165) is 7.11 Å². The van der Waals surface area contributed by atoms with Gasteiger partial charge >= 0.3 is 5.97 Å². The first-order valence-electron chi connectivity index (χ1n) is 4.95. The van der Waals surface area contributed by atoms with Crippen molar-refractivity contribution in [2.75, 3.05) is 13.7 Å². The van der Waals surface area contributed by atoms with E-state index in [2.05, 4.69) is 9.46 Å². The van der Waals surface area contributed by atoms with Gasteiger partial charge in [-0.2, -0.15) is 0 Å². The highest BCUT2D eigenvalue weighted by Gasteiger charge is 2.30. The fraction of sp³-hybridized carbons (Fsp3) is 0.889. The van der Waals surface area contributed by atoms with Crippen LogP contribution >= 0.6 is 0 Å². The van der Waals surface area contributed by atoms with Crippen LogP contribution in [0.4, 0.5) is 0 Å². The van der Waals surface area contributed by atoms with Crippen LogP contribution in [0.15, 0.2) is 0 Å². The molecule has 2 unspecified atom stereocenters. The Morgan fingerprint density at radius 2 is 2.06 bits per heavy atom. The van der Waals surface area contributed by atoms with Crippen molar-refractivity contribution in [3.05, 3.63) is 0 Å². The number of sulfonamides is 1. The molecule has 0 aliphatic rings. The average molecular weight is 253 g/mol. The molecule has 0 aromatic rings. The van der Waals surface area contributed by atoms with E-state index in [9.17, 15) is 18.3 Å². The summed E-state index contributed by atoms with van der Waals surface area (Å²) in [5.74, 6) is -0.830. The third kappa shape index (κ3) is 4.46. The average Bonchev–Trinajstić information content (AvgIpc) is 2.24. The molecule has 0 saturated heterocycles. The van der Waals surface area contributed by atoms with Gasteiger partial charge < -0.3 is 9.84 Å². The van der Waals surface area contributed by atoms with Crippen molar-refractivity contribution in [1.82, 2.24) is 4.72 Å². The molecular weight excluding hydrogens is 234 g/mol. The Balaban J connectivity index is 4.54. The number of hydrogen-bond donors (Lipinski definition) is 2. The molecule has 0 aromatic carbocycles. The van der Waals surface area contributed by atoms with Crippen molar-refractivity contribution in [3.8, 4) is 0 Å². The standard InChI is InChI=1S/C9H19NO5S/c1-5-9(3,12)6-10-16(13,14)7(2)8(11)15-4/h7,10,12H,5-6H2,1-4H3. The number of aliphatic hydroxyl groups is 1. The lowest BCUT2D eigenvalue weighted by atomic mass is 10.1. The van der Waals surface area contributed by atoms with Crippen molar-refractivity contribution in [2.45, 2.75) is 38.0 Å². The number of rotatable bonds is 6. The Bertz CT molecular complexity index is 336. The summed E-state index contributed by atoms with van der Waals surface area (Å²) in [6.07, 6.45) is 0.405. The van der Waals surface area contributed by atoms with E-state index in [1.807, 2.05) is 0 Å². The van der Waals surface area contributed by atoms with Crippen LogP contribution in [0.3, 0.4) is 0 Å². The van der Waals surface area contributed by atoms with Crippen molar-refractivity contribution < 1.29 is 23.1 Å². The number of hydrogen-bond acceptors (Lipinski definition) is 5. The van der Waals surface area contributed by atoms with Crippen LogP contribution in [0.2, 0.25) is 0 Å². The summed E-state index contributed by atoms with van der Waals surface area (Å²) in [6.45, 7) is 4.35. The van der Waals surface area contributed by atoms with Gasteiger partial charge in [0.05, 0.1) is 12.7 Å². The second kappa shape index (κ2) is 5.60. The van der Waals surface area contributed by atoms with Gasteiger partial charge in [0.25, 0.3) is 0 Å². The summed E-state index contributed by atoms with van der Waals surface area (Å²) in [4.78, 5) is 11.0. The number of methoxy groups -OCH3 is 1. The molecule has 0 radical (unpaired) electrons. The largest absolute Gasteiger partial charge is 0.468 e. The van der Waals surface area contributed by atoms with Gasteiger partial charge in [-0.3, -0.25) is 4.79 Å². The first kappa shape index (κ1) is 15.3. The summed E-state index contributed by atoms with van der Waals surface area (Å²) < 4.78 is 29.7. The van der Waals surface area contributed by atoms with Gasteiger partial charge in [0.2, 0.25) is 10.0 Å². The number of esters is 1. The first-order valence-corrected chi connectivity index (χ1v) is 6.49. The quantitative estimate of drug-likeness (QED) is 0.630. The molecule has 2 atom stereocenters. The lowest BCUT2D eigenvalue weighted by Gasteiger charge is -2.22. The molecule has 0 aliphatic heterocycles. The van der Waals surface area contributed by atoms with E-state index in [1.54, 1.807) is 6.92 Å². The predicted molar refractivity (Wildman–Crippen MR) is 59.3 cm³/mol. The fourth-order valence-corrected chi connectivity index (χ4v) is 1.91. The van der Waals surface area contributed by atoms with E-state index in [0.29, 0.717) is 6.42 Å². The smallest absolute Gasteiger partial charge is 0.325 e. The summed E-state index contributed by atoms with van der Waals surface area (Å²) in [5, 5.41) is 8.33. The van der Waals surface area contributed by atoms with Crippen LogP contribution in [0.5, 0.6) is 0 Å². The van der Waals surface area contributed by atoms with Gasteiger partial charge in [-0.25, -0.2) is 13.1 Å². The molecule has 0 spiro atoms. The molecule has 7 heteroatoms. The molecular formula is C9H19NO5S. The summed E-state index contributed by atoms with van der Waals surface area (Å²) in [7, 11) is -2.68. The van der Waals surface area contributed by atoms with E-state index in [-0.39, 0.29) is 6.54 Å². The lowest BCUT2D eigenvalue weighted by Crippen LogP contribution is -2.45. The molecule has 0 bridgehead atoms. The minimum absolute atomic E-state index is 0.132. The highest BCUT2D eigenvalue weighted by atomic mass is 32.2. The van der Waals surface area contributed by atoms with Crippen LogP contribution in [-0.4, -0.2) is 44.0 Å². The summed E-state index contributed by atoms with van der Waals surface area (Å²) in [5.41, 5.74) is -1.12. The molecule has 96 valence electrons. The minimum Gasteiger partial charge on any atom is -0.468 e. The maximum Gasteiger partial charge on any atom is 0.325 e. The first-order chi connectivity index (χ1) is 7.16. The van der Waals surface area contributed by atoms with Gasteiger partial charge in [-0.15, -0.1) is 0 Å². The number of nitrogens with one attached hydrogen (secondary N) is 1. The zero-order valence-electron chi connectivity index (χ0n) is 9.98. The van der Waals surface area contributed by atoms with Gasteiger partial charge in [0.1, 0.15) is 0 Å². The van der Waals surface area contributed by atoms with Crippen LogP contribution in [0.1, 0.15) is 27.2 Å². The van der Waals surface area contributed by atoms with Crippen LogP contribution < -0.4 is 4.72 Å². The van der Waals surface area contributed by atoms with Crippen LogP contribution in [0, 0.1) is 0 Å². The Kier molecular flexibility index (Phi) is 5.37. The molecule has 6 nitrogen and oxygen atoms in total.